The molecule has 7 heteroatoms. The van der Waals surface area contributed by atoms with Crippen LogP contribution in [-0.4, -0.2) is 50.1 Å². The third-order valence-electron chi connectivity index (χ3n) is 4.90. The highest BCUT2D eigenvalue weighted by Gasteiger charge is 2.21. The van der Waals surface area contributed by atoms with Gasteiger partial charge < -0.3 is 19.9 Å². The topological polar surface area (TPSA) is 44.8 Å². The van der Waals surface area contributed by atoms with Crippen molar-refractivity contribution < 1.29 is 9.53 Å². The number of carbonyl (C=O) groups excluding carboxylic acids is 1. The maximum absolute atomic E-state index is 12.5. The first-order valence-corrected chi connectivity index (χ1v) is 10.2. The van der Waals surface area contributed by atoms with Crippen molar-refractivity contribution in [3.05, 3.63) is 52.0 Å². The Hall–Kier alpha value is -1.95. The van der Waals surface area contributed by atoms with Crippen LogP contribution >= 0.6 is 23.2 Å². The Balaban J connectivity index is 1.65. The number of benzene rings is 2. The largest absolute Gasteiger partial charge is 0.484 e. The molecule has 1 aliphatic heterocycles. The van der Waals surface area contributed by atoms with Crippen LogP contribution < -0.4 is 15.0 Å². The number of piperazine rings is 1. The van der Waals surface area contributed by atoms with Gasteiger partial charge in [-0.2, -0.15) is 0 Å². The van der Waals surface area contributed by atoms with E-state index in [1.165, 1.54) is 0 Å². The zero-order valence-electron chi connectivity index (χ0n) is 16.2. The van der Waals surface area contributed by atoms with Gasteiger partial charge in [0.25, 0.3) is 5.91 Å². The molecule has 3 rings (SSSR count). The summed E-state index contributed by atoms with van der Waals surface area (Å²) in [5.74, 6) is 0.377. The average Bonchev–Trinajstić information content (AvgIpc) is 2.69. The number of anilines is 2. The van der Waals surface area contributed by atoms with Crippen LogP contribution in [0.1, 0.15) is 12.5 Å². The Morgan fingerprint density at radius 2 is 1.86 bits per heavy atom. The lowest BCUT2D eigenvalue weighted by atomic mass is 10.2. The number of hydrogen-bond acceptors (Lipinski definition) is 4. The molecular formula is C21H25Cl2N3O2. The highest BCUT2D eigenvalue weighted by atomic mass is 35.5. The Kier molecular flexibility index (Phi) is 7.05. The van der Waals surface area contributed by atoms with Crippen LogP contribution in [0, 0.1) is 6.92 Å². The number of nitrogens with one attached hydrogen (secondary N) is 1. The van der Waals surface area contributed by atoms with Crippen molar-refractivity contribution in [2.45, 2.75) is 13.8 Å². The Morgan fingerprint density at radius 3 is 2.54 bits per heavy atom. The van der Waals surface area contributed by atoms with Crippen LogP contribution in [0.4, 0.5) is 11.4 Å². The van der Waals surface area contributed by atoms with E-state index in [1.807, 2.05) is 31.2 Å². The Bertz CT molecular complexity index is 836. The number of para-hydroxylation sites is 1. The molecule has 0 saturated carbocycles. The molecule has 1 N–H and O–H groups in total. The normalized spacial score (nSPS) is 14.8. The smallest absolute Gasteiger partial charge is 0.262 e. The number of amides is 1. The summed E-state index contributed by atoms with van der Waals surface area (Å²) in [6, 6.07) is 10.9. The summed E-state index contributed by atoms with van der Waals surface area (Å²) in [6.45, 7) is 8.73. The summed E-state index contributed by atoms with van der Waals surface area (Å²) in [5.41, 5.74) is 2.48. The molecule has 0 aliphatic carbocycles. The second-order valence-corrected chi connectivity index (χ2v) is 7.62. The van der Waals surface area contributed by atoms with Crippen LogP contribution in [0.5, 0.6) is 5.75 Å². The van der Waals surface area contributed by atoms with Gasteiger partial charge in [0.05, 0.1) is 16.4 Å². The van der Waals surface area contributed by atoms with E-state index < -0.39 is 0 Å². The van der Waals surface area contributed by atoms with Crippen LogP contribution in [0.15, 0.2) is 36.4 Å². The van der Waals surface area contributed by atoms with Crippen molar-refractivity contribution in [3.8, 4) is 5.75 Å². The molecule has 0 aromatic heterocycles. The molecule has 28 heavy (non-hydrogen) atoms. The zero-order chi connectivity index (χ0) is 20.1. The van der Waals surface area contributed by atoms with Gasteiger partial charge >= 0.3 is 0 Å². The lowest BCUT2D eigenvalue weighted by molar-refractivity contribution is -0.118. The Labute approximate surface area is 176 Å². The molecule has 5 nitrogen and oxygen atoms in total. The molecule has 1 saturated heterocycles. The van der Waals surface area contributed by atoms with Crippen molar-refractivity contribution in [1.82, 2.24) is 4.90 Å². The first kappa shape index (κ1) is 20.8. The lowest BCUT2D eigenvalue weighted by Crippen LogP contribution is -2.46. The fourth-order valence-electron chi connectivity index (χ4n) is 3.27. The molecule has 1 fully saturated rings. The second kappa shape index (κ2) is 9.50. The number of ether oxygens (including phenoxy) is 1. The van der Waals surface area contributed by atoms with Crippen molar-refractivity contribution >= 4 is 40.5 Å². The average molecular weight is 422 g/mol. The van der Waals surface area contributed by atoms with E-state index in [0.717, 1.165) is 44.0 Å². The van der Waals surface area contributed by atoms with Crippen LogP contribution in [0.3, 0.4) is 0 Å². The molecular weight excluding hydrogens is 397 g/mol. The van der Waals surface area contributed by atoms with E-state index in [4.69, 9.17) is 27.9 Å². The third kappa shape index (κ3) is 5.10. The molecule has 0 unspecified atom stereocenters. The minimum Gasteiger partial charge on any atom is -0.484 e. The van der Waals surface area contributed by atoms with Gasteiger partial charge in [0, 0.05) is 31.2 Å². The first-order valence-electron chi connectivity index (χ1n) is 9.42. The van der Waals surface area contributed by atoms with Gasteiger partial charge in [-0.3, -0.25) is 4.79 Å². The molecule has 150 valence electrons. The van der Waals surface area contributed by atoms with E-state index in [9.17, 15) is 4.79 Å². The summed E-state index contributed by atoms with van der Waals surface area (Å²) < 4.78 is 5.60. The van der Waals surface area contributed by atoms with E-state index in [2.05, 4.69) is 22.0 Å². The van der Waals surface area contributed by atoms with Gasteiger partial charge in [-0.25, -0.2) is 0 Å². The van der Waals surface area contributed by atoms with Crippen LogP contribution in [-0.2, 0) is 4.79 Å². The van der Waals surface area contributed by atoms with Crippen molar-refractivity contribution in [2.75, 3.05) is 49.5 Å². The minimum atomic E-state index is -0.233. The standard InChI is InChI=1S/C21H25Cl2N3O2/c1-3-25-9-11-26(12-10-25)21-18(23)5-4-6-19(21)24-20(27)14-28-16-7-8-17(22)15(2)13-16/h4-8,13H,3,9-12,14H2,1-2H3,(H,24,27). The van der Waals surface area contributed by atoms with Crippen LogP contribution in [0.2, 0.25) is 10.0 Å². The van der Waals surface area contributed by atoms with E-state index >= 15 is 0 Å². The monoisotopic (exact) mass is 421 g/mol. The summed E-state index contributed by atoms with van der Waals surface area (Å²) in [4.78, 5) is 17.1. The van der Waals surface area contributed by atoms with E-state index in [-0.39, 0.29) is 12.5 Å². The number of rotatable bonds is 6. The summed E-state index contributed by atoms with van der Waals surface area (Å²) in [6.07, 6.45) is 0. The predicted octanol–water partition coefficient (Wildman–Crippen LogP) is 4.46. The van der Waals surface area contributed by atoms with Gasteiger partial charge in [-0.05, 0) is 49.4 Å². The molecule has 2 aromatic rings. The molecule has 0 radical (unpaired) electrons. The van der Waals surface area contributed by atoms with Gasteiger partial charge in [0.15, 0.2) is 6.61 Å². The van der Waals surface area contributed by atoms with Crippen molar-refractivity contribution in [2.24, 2.45) is 0 Å². The summed E-state index contributed by atoms with van der Waals surface area (Å²) in [5, 5.41) is 4.25. The highest BCUT2D eigenvalue weighted by Crippen LogP contribution is 2.34. The summed E-state index contributed by atoms with van der Waals surface area (Å²) in [7, 11) is 0. The summed E-state index contributed by atoms with van der Waals surface area (Å²) >= 11 is 12.5. The van der Waals surface area contributed by atoms with Gasteiger partial charge in [0.2, 0.25) is 0 Å². The number of likely N-dealkylation sites (N-methyl/N-ethyl adjacent to an activating group) is 1. The zero-order valence-corrected chi connectivity index (χ0v) is 17.7. The molecule has 0 spiro atoms. The second-order valence-electron chi connectivity index (χ2n) is 6.81. The molecule has 2 aromatic carbocycles. The highest BCUT2D eigenvalue weighted by molar-refractivity contribution is 6.34. The van der Waals surface area contributed by atoms with E-state index in [0.29, 0.717) is 21.5 Å². The maximum atomic E-state index is 12.5. The van der Waals surface area contributed by atoms with Crippen molar-refractivity contribution in [3.63, 3.8) is 0 Å². The first-order chi connectivity index (χ1) is 13.5. The quantitative estimate of drug-likeness (QED) is 0.747. The van der Waals surface area contributed by atoms with Gasteiger partial charge in [-0.1, -0.05) is 36.2 Å². The number of halogens is 2. The number of aryl methyl sites for hydroxylation is 1. The van der Waals surface area contributed by atoms with Gasteiger partial charge in [-0.15, -0.1) is 0 Å². The molecule has 1 aliphatic rings. The minimum absolute atomic E-state index is 0.0867. The van der Waals surface area contributed by atoms with Gasteiger partial charge in [0.1, 0.15) is 5.75 Å². The number of hydrogen-bond donors (Lipinski definition) is 1. The number of carbonyl (C=O) groups is 1. The number of nitrogens with zero attached hydrogens (tertiary/aromatic N) is 2. The maximum Gasteiger partial charge on any atom is 0.262 e. The molecule has 0 bridgehead atoms. The fourth-order valence-corrected chi connectivity index (χ4v) is 3.68. The van der Waals surface area contributed by atoms with E-state index in [1.54, 1.807) is 12.1 Å². The molecule has 0 atom stereocenters. The third-order valence-corrected chi connectivity index (χ3v) is 5.63. The lowest BCUT2D eigenvalue weighted by Gasteiger charge is -2.36. The van der Waals surface area contributed by atoms with Crippen molar-refractivity contribution in [1.29, 1.82) is 0 Å². The fraction of sp³-hybridized carbons (Fsp3) is 0.381. The van der Waals surface area contributed by atoms with Crippen LogP contribution in [0.25, 0.3) is 0 Å². The predicted molar refractivity (Wildman–Crippen MR) is 116 cm³/mol. The molecule has 1 heterocycles. The molecule has 1 amide bonds. The Morgan fingerprint density at radius 1 is 1.11 bits per heavy atom. The SMILES string of the molecule is CCN1CCN(c2c(Cl)cccc2NC(=O)COc2ccc(Cl)c(C)c2)CC1.